The molecule has 2 atom stereocenters. The number of carbonyl (C=O) groups excluding carboxylic acids is 1. The molecule has 1 saturated heterocycles. The molecule has 1 aromatic carbocycles. The van der Waals surface area contributed by atoms with E-state index in [0.29, 0.717) is 18.9 Å². The number of ether oxygens (including phenoxy) is 1. The fraction of sp³-hybridized carbons (Fsp3) is 0.588. The van der Waals surface area contributed by atoms with Crippen molar-refractivity contribution in [1.29, 1.82) is 0 Å². The van der Waals surface area contributed by atoms with Crippen molar-refractivity contribution in [2.45, 2.75) is 39.2 Å². The van der Waals surface area contributed by atoms with Gasteiger partial charge in [0.15, 0.2) is 0 Å². The lowest BCUT2D eigenvalue weighted by molar-refractivity contribution is -0.122. The summed E-state index contributed by atoms with van der Waals surface area (Å²) in [4.78, 5) is 11.9. The maximum atomic E-state index is 11.9. The van der Waals surface area contributed by atoms with Crippen molar-refractivity contribution < 1.29 is 9.53 Å². The van der Waals surface area contributed by atoms with E-state index >= 15 is 0 Å². The molecule has 2 unspecified atom stereocenters. The molecule has 0 spiro atoms. The summed E-state index contributed by atoms with van der Waals surface area (Å²) in [7, 11) is 0. The predicted octanol–water partition coefficient (Wildman–Crippen LogP) is 2.27. The number of rotatable bonds is 7. The Morgan fingerprint density at radius 3 is 3.10 bits per heavy atom. The summed E-state index contributed by atoms with van der Waals surface area (Å²) >= 11 is 0. The van der Waals surface area contributed by atoms with Crippen LogP contribution in [0.5, 0.6) is 5.75 Å². The Labute approximate surface area is 127 Å². The molecule has 0 bridgehead atoms. The zero-order chi connectivity index (χ0) is 15.1. The second kappa shape index (κ2) is 8.03. The van der Waals surface area contributed by atoms with E-state index in [2.05, 4.69) is 10.6 Å². The summed E-state index contributed by atoms with van der Waals surface area (Å²) in [6.45, 7) is 6.66. The van der Waals surface area contributed by atoms with Crippen LogP contribution in [0.3, 0.4) is 0 Å². The number of amides is 1. The summed E-state index contributed by atoms with van der Waals surface area (Å²) in [6, 6.07) is 7.98. The van der Waals surface area contributed by atoms with Crippen molar-refractivity contribution in [3.8, 4) is 5.75 Å². The minimum Gasteiger partial charge on any atom is -0.491 e. The lowest BCUT2D eigenvalue weighted by Crippen LogP contribution is -2.36. The van der Waals surface area contributed by atoms with Crippen molar-refractivity contribution in [3.63, 3.8) is 0 Å². The first-order valence-corrected chi connectivity index (χ1v) is 7.83. The molecule has 0 aromatic heterocycles. The molecule has 1 fully saturated rings. The highest BCUT2D eigenvalue weighted by atomic mass is 16.5. The molecule has 4 nitrogen and oxygen atoms in total. The summed E-state index contributed by atoms with van der Waals surface area (Å²) in [5.74, 6) is 1.64. The van der Waals surface area contributed by atoms with E-state index in [4.69, 9.17) is 4.74 Å². The Morgan fingerprint density at radius 2 is 2.38 bits per heavy atom. The zero-order valence-corrected chi connectivity index (χ0v) is 13.0. The van der Waals surface area contributed by atoms with E-state index in [9.17, 15) is 4.79 Å². The minimum atomic E-state index is 0.0275. The van der Waals surface area contributed by atoms with Crippen LogP contribution in [0.4, 0.5) is 0 Å². The van der Waals surface area contributed by atoms with Gasteiger partial charge in [-0.2, -0.15) is 0 Å². The maximum Gasteiger partial charge on any atom is 0.220 e. The first kappa shape index (κ1) is 15.8. The Balaban J connectivity index is 1.64. The van der Waals surface area contributed by atoms with Crippen molar-refractivity contribution in [2.75, 3.05) is 19.7 Å². The molecule has 4 heteroatoms. The first-order valence-electron chi connectivity index (χ1n) is 7.83. The van der Waals surface area contributed by atoms with Crippen LogP contribution in [0.25, 0.3) is 0 Å². The molecule has 0 saturated carbocycles. The molecule has 1 aliphatic rings. The van der Waals surface area contributed by atoms with Gasteiger partial charge in [-0.1, -0.05) is 12.1 Å². The van der Waals surface area contributed by atoms with Crippen molar-refractivity contribution in [2.24, 2.45) is 5.92 Å². The van der Waals surface area contributed by atoms with Crippen LogP contribution >= 0.6 is 0 Å². The van der Waals surface area contributed by atoms with E-state index < -0.39 is 0 Å². The van der Waals surface area contributed by atoms with Crippen LogP contribution in [0.2, 0.25) is 0 Å². The van der Waals surface area contributed by atoms with Crippen LogP contribution in [0.15, 0.2) is 24.3 Å². The largest absolute Gasteiger partial charge is 0.491 e. The van der Waals surface area contributed by atoms with Gasteiger partial charge in [0, 0.05) is 6.42 Å². The molecule has 2 N–H and O–H groups in total. The average molecular weight is 290 g/mol. The standard InChI is InChI=1S/C17H26N2O2/c1-13-4-3-5-16(10-13)21-12-14(2)19-17(20)7-6-15-8-9-18-11-15/h3-5,10,14-15,18H,6-9,11-12H2,1-2H3,(H,19,20). The number of benzene rings is 1. The number of hydrogen-bond acceptors (Lipinski definition) is 3. The van der Waals surface area contributed by atoms with Crippen LogP contribution in [-0.4, -0.2) is 31.6 Å². The highest BCUT2D eigenvalue weighted by Crippen LogP contribution is 2.14. The molecular weight excluding hydrogens is 264 g/mol. The minimum absolute atomic E-state index is 0.0275. The van der Waals surface area contributed by atoms with Crippen molar-refractivity contribution >= 4 is 5.91 Å². The molecule has 116 valence electrons. The van der Waals surface area contributed by atoms with E-state index in [0.717, 1.165) is 25.3 Å². The number of hydrogen-bond donors (Lipinski definition) is 2. The van der Waals surface area contributed by atoms with Gasteiger partial charge >= 0.3 is 0 Å². The van der Waals surface area contributed by atoms with Crippen LogP contribution in [0, 0.1) is 12.8 Å². The van der Waals surface area contributed by atoms with Crippen LogP contribution in [0.1, 0.15) is 31.7 Å². The molecule has 21 heavy (non-hydrogen) atoms. The monoisotopic (exact) mass is 290 g/mol. The van der Waals surface area contributed by atoms with Gasteiger partial charge in [0.25, 0.3) is 0 Å². The third kappa shape index (κ3) is 5.76. The summed E-state index contributed by atoms with van der Waals surface area (Å²) < 4.78 is 5.70. The third-order valence-corrected chi connectivity index (χ3v) is 3.84. The van der Waals surface area contributed by atoms with E-state index in [1.54, 1.807) is 0 Å². The summed E-state index contributed by atoms with van der Waals surface area (Å²) in [5, 5.41) is 6.33. The second-order valence-electron chi connectivity index (χ2n) is 5.99. The quantitative estimate of drug-likeness (QED) is 0.810. The highest BCUT2D eigenvalue weighted by molar-refractivity contribution is 5.76. The van der Waals surface area contributed by atoms with Crippen LogP contribution in [-0.2, 0) is 4.79 Å². The molecule has 1 aromatic rings. The SMILES string of the molecule is Cc1cccc(OCC(C)NC(=O)CCC2CCNC2)c1. The van der Waals surface area contributed by atoms with Gasteiger partial charge in [0.2, 0.25) is 5.91 Å². The van der Waals surface area contributed by atoms with Gasteiger partial charge in [-0.05, 0) is 63.4 Å². The number of nitrogens with one attached hydrogen (secondary N) is 2. The van der Waals surface area contributed by atoms with Crippen LogP contribution < -0.4 is 15.4 Å². The number of carbonyl (C=O) groups is 1. The normalized spacial score (nSPS) is 19.2. The van der Waals surface area contributed by atoms with Gasteiger partial charge in [-0.15, -0.1) is 0 Å². The molecule has 0 radical (unpaired) electrons. The first-order chi connectivity index (χ1) is 10.1. The Bertz CT molecular complexity index is 456. The second-order valence-corrected chi connectivity index (χ2v) is 5.99. The molecule has 1 aliphatic heterocycles. The van der Waals surface area contributed by atoms with E-state index in [-0.39, 0.29) is 11.9 Å². The van der Waals surface area contributed by atoms with E-state index in [1.807, 2.05) is 38.1 Å². The Morgan fingerprint density at radius 1 is 1.52 bits per heavy atom. The van der Waals surface area contributed by atoms with Gasteiger partial charge < -0.3 is 15.4 Å². The lowest BCUT2D eigenvalue weighted by Gasteiger charge is -2.16. The smallest absolute Gasteiger partial charge is 0.220 e. The topological polar surface area (TPSA) is 50.4 Å². The predicted molar refractivity (Wildman–Crippen MR) is 84.5 cm³/mol. The molecule has 1 amide bonds. The maximum absolute atomic E-state index is 11.9. The molecule has 0 aliphatic carbocycles. The highest BCUT2D eigenvalue weighted by Gasteiger charge is 2.16. The molecular formula is C17H26N2O2. The molecule has 2 rings (SSSR count). The molecule has 1 heterocycles. The van der Waals surface area contributed by atoms with Gasteiger partial charge in [0.1, 0.15) is 12.4 Å². The lowest BCUT2D eigenvalue weighted by atomic mass is 10.0. The average Bonchev–Trinajstić information content (AvgIpc) is 2.96. The zero-order valence-electron chi connectivity index (χ0n) is 13.0. The Kier molecular flexibility index (Phi) is 6.05. The summed E-state index contributed by atoms with van der Waals surface area (Å²) in [6.07, 6.45) is 2.78. The van der Waals surface area contributed by atoms with Gasteiger partial charge in [-0.3, -0.25) is 4.79 Å². The third-order valence-electron chi connectivity index (χ3n) is 3.84. The van der Waals surface area contributed by atoms with E-state index in [1.165, 1.54) is 12.0 Å². The number of aryl methyl sites for hydroxylation is 1. The van der Waals surface area contributed by atoms with Gasteiger partial charge in [0.05, 0.1) is 6.04 Å². The van der Waals surface area contributed by atoms with Crippen molar-refractivity contribution in [1.82, 2.24) is 10.6 Å². The summed E-state index contributed by atoms with van der Waals surface area (Å²) in [5.41, 5.74) is 1.18. The van der Waals surface area contributed by atoms with Gasteiger partial charge in [-0.25, -0.2) is 0 Å². The fourth-order valence-corrected chi connectivity index (χ4v) is 2.61. The van der Waals surface area contributed by atoms with Crippen molar-refractivity contribution in [3.05, 3.63) is 29.8 Å². The fourth-order valence-electron chi connectivity index (χ4n) is 2.61. The Hall–Kier alpha value is -1.55.